The van der Waals surface area contributed by atoms with Crippen molar-refractivity contribution in [3.05, 3.63) is 89.5 Å². The molecule has 0 saturated carbocycles. The van der Waals surface area contributed by atoms with Crippen LogP contribution in [0.3, 0.4) is 0 Å². The van der Waals surface area contributed by atoms with E-state index in [0.717, 1.165) is 116 Å². The molecular formula is C51H69BiF6O9. The fourth-order valence-electron chi connectivity index (χ4n) is 6.49. The second-order valence-electron chi connectivity index (χ2n) is 15.9. The van der Waals surface area contributed by atoms with Crippen LogP contribution in [0.5, 0.6) is 17.2 Å². The molecule has 0 aliphatic rings. The Balaban J connectivity index is 0.000000968. The Morgan fingerprint density at radius 1 is 0.328 bits per heavy atom. The molecule has 0 bridgehead atoms. The molecule has 3 aromatic carbocycles. The maximum atomic E-state index is 11.9. The zero-order valence-corrected chi connectivity index (χ0v) is 42.1. The summed E-state index contributed by atoms with van der Waals surface area (Å²) in [6.07, 6.45) is 13.5. The van der Waals surface area contributed by atoms with Crippen LogP contribution in [0.2, 0.25) is 0 Å². The van der Waals surface area contributed by atoms with Gasteiger partial charge in [0.1, 0.15) is 17.2 Å². The summed E-state index contributed by atoms with van der Waals surface area (Å²) >= 11 is 0. The molecular weight excluding hydrogens is 1080 g/mol. The van der Waals surface area contributed by atoms with Gasteiger partial charge >= 0.3 is 26.2 Å². The van der Waals surface area contributed by atoms with Crippen LogP contribution in [-0.2, 0) is 0 Å². The van der Waals surface area contributed by atoms with Gasteiger partial charge in [-0.3, -0.25) is 0 Å². The van der Waals surface area contributed by atoms with Crippen molar-refractivity contribution in [1.29, 1.82) is 0 Å². The monoisotopic (exact) mass is 1150 g/mol. The van der Waals surface area contributed by atoms with Gasteiger partial charge < -0.3 is 43.9 Å². The molecule has 0 aliphatic carbocycles. The number of alkyl halides is 6. The average molecular weight is 1150 g/mol. The normalized spacial score (nSPS) is 10.7. The Labute approximate surface area is 412 Å². The van der Waals surface area contributed by atoms with E-state index < -0.39 is 37.2 Å². The van der Waals surface area contributed by atoms with Crippen molar-refractivity contribution in [2.24, 2.45) is 0 Å². The van der Waals surface area contributed by atoms with Gasteiger partial charge in [0.25, 0.3) is 0 Å². The number of hydrogen-bond donors (Lipinski definition) is 0. The number of benzene rings is 3. The standard InChI is InChI=1S/3C17H24F2O3.Bi/c3*18-16(19)8-6-4-2-1-3-5-7-13-22-15-11-9-14(10-12-15)17(20)21;/h3*9-12,16H,1-8,13H2,(H,20,21);/q;;;+3/p-3. The molecule has 9 nitrogen and oxygen atoms in total. The summed E-state index contributed by atoms with van der Waals surface area (Å²) in [6.45, 7) is 1.78. The van der Waals surface area contributed by atoms with Crippen molar-refractivity contribution in [2.75, 3.05) is 19.8 Å². The first-order valence-corrected chi connectivity index (χ1v) is 23.5. The predicted octanol–water partition coefficient (Wildman–Crippen LogP) is 11.1. The summed E-state index contributed by atoms with van der Waals surface area (Å²) in [6, 6.07) is 18.5. The van der Waals surface area contributed by atoms with Crippen molar-refractivity contribution in [3.63, 3.8) is 0 Å². The van der Waals surface area contributed by atoms with Crippen molar-refractivity contribution < 1.29 is 70.3 Å². The number of ether oxygens (including phenoxy) is 3. The van der Waals surface area contributed by atoms with E-state index in [4.69, 9.17) is 14.2 Å². The van der Waals surface area contributed by atoms with Crippen molar-refractivity contribution >= 4 is 44.1 Å². The topological polar surface area (TPSA) is 148 Å². The molecule has 374 valence electrons. The number of carboxylic acid groups (broad SMARTS) is 3. The number of carbonyl (C=O) groups excluding carboxylic acids is 3. The van der Waals surface area contributed by atoms with E-state index in [1.54, 1.807) is 36.4 Å². The Kier molecular flexibility index (Phi) is 39.5. The molecule has 0 aromatic heterocycles. The van der Waals surface area contributed by atoms with Crippen LogP contribution in [0.15, 0.2) is 72.8 Å². The first kappa shape index (κ1) is 62.9. The molecule has 0 saturated heterocycles. The van der Waals surface area contributed by atoms with Gasteiger partial charge in [-0.2, -0.15) is 0 Å². The number of carbonyl (C=O) groups is 3. The first-order valence-electron chi connectivity index (χ1n) is 23.5. The first-order chi connectivity index (χ1) is 31.8. The SMILES string of the molecule is O=C([O-])c1ccc(OCCCCCCCCCC(F)F)cc1.O=C([O-])c1ccc(OCCCCCCCCCC(F)F)cc1.O=C([O-])c1ccc(OCCCCCCCCCC(F)F)cc1.[Bi+3]. The van der Waals surface area contributed by atoms with Crippen molar-refractivity contribution in [2.45, 2.75) is 173 Å². The summed E-state index contributed by atoms with van der Waals surface area (Å²) in [5.41, 5.74) is 0.414. The van der Waals surface area contributed by atoms with Crippen LogP contribution in [0, 0.1) is 0 Å². The zero-order chi connectivity index (χ0) is 48.6. The molecule has 0 spiro atoms. The van der Waals surface area contributed by atoms with Crippen LogP contribution in [0.4, 0.5) is 26.3 Å². The molecule has 0 amide bonds. The quantitative estimate of drug-likeness (QED) is 0.0315. The second-order valence-corrected chi connectivity index (χ2v) is 15.9. The summed E-state index contributed by atoms with van der Waals surface area (Å²) in [5, 5.41) is 31.7. The fraction of sp³-hybridized carbons (Fsp3) is 0.588. The van der Waals surface area contributed by atoms with E-state index in [2.05, 4.69) is 0 Å². The van der Waals surface area contributed by atoms with Gasteiger partial charge in [-0.15, -0.1) is 0 Å². The minimum Gasteiger partial charge on any atom is -0.545 e. The molecule has 0 N–H and O–H groups in total. The van der Waals surface area contributed by atoms with Gasteiger partial charge in [0.05, 0.1) is 37.7 Å². The number of carboxylic acids is 3. The van der Waals surface area contributed by atoms with Crippen LogP contribution in [0.25, 0.3) is 0 Å². The Hall–Kier alpha value is -4.07. The number of hydrogen-bond acceptors (Lipinski definition) is 9. The van der Waals surface area contributed by atoms with Gasteiger partial charge in [0.15, 0.2) is 0 Å². The maximum absolute atomic E-state index is 11.9. The minimum absolute atomic E-state index is 0. The van der Waals surface area contributed by atoms with Crippen LogP contribution < -0.4 is 29.5 Å². The van der Waals surface area contributed by atoms with Crippen LogP contribution in [0.1, 0.15) is 185 Å². The molecule has 0 fully saturated rings. The van der Waals surface area contributed by atoms with E-state index in [9.17, 15) is 56.0 Å². The molecule has 3 rings (SSSR count). The third kappa shape index (κ3) is 37.6. The van der Waals surface area contributed by atoms with E-state index in [1.165, 1.54) is 36.4 Å². The Morgan fingerprint density at radius 3 is 0.687 bits per heavy atom. The van der Waals surface area contributed by atoms with Crippen molar-refractivity contribution in [3.8, 4) is 17.2 Å². The smallest absolute Gasteiger partial charge is 0.545 e. The molecule has 3 aromatic rings. The predicted molar refractivity (Wildman–Crippen MR) is 243 cm³/mol. The van der Waals surface area contributed by atoms with E-state index in [0.29, 0.717) is 56.3 Å². The third-order valence-electron chi connectivity index (χ3n) is 10.3. The number of unbranched alkanes of at least 4 members (excludes halogenated alkanes) is 18. The minimum atomic E-state index is -2.17. The molecule has 0 aliphatic heterocycles. The van der Waals surface area contributed by atoms with Crippen LogP contribution >= 0.6 is 0 Å². The van der Waals surface area contributed by atoms with Gasteiger partial charge in [0.2, 0.25) is 19.3 Å². The van der Waals surface area contributed by atoms with E-state index in [1.807, 2.05) is 0 Å². The number of rotatable bonds is 36. The second kappa shape index (κ2) is 42.1. The van der Waals surface area contributed by atoms with Gasteiger partial charge in [-0.25, -0.2) is 26.3 Å². The third-order valence-corrected chi connectivity index (χ3v) is 10.3. The van der Waals surface area contributed by atoms with Gasteiger partial charge in [-0.1, -0.05) is 96.3 Å². The Bertz CT molecular complexity index is 1460. The fourth-order valence-corrected chi connectivity index (χ4v) is 6.49. The number of halogens is 6. The average Bonchev–Trinajstić information content (AvgIpc) is 3.29. The molecule has 67 heavy (non-hydrogen) atoms. The molecule has 0 heterocycles. The molecule has 16 heteroatoms. The maximum Gasteiger partial charge on any atom is 3.00 e. The molecule has 0 unspecified atom stereocenters. The summed E-state index contributed by atoms with van der Waals surface area (Å²) in [4.78, 5) is 31.7. The van der Waals surface area contributed by atoms with E-state index >= 15 is 0 Å². The summed E-state index contributed by atoms with van der Waals surface area (Å²) < 4.78 is 88.0. The van der Waals surface area contributed by atoms with Gasteiger partial charge in [0, 0.05) is 19.3 Å². The summed E-state index contributed by atoms with van der Waals surface area (Å²) in [5.74, 6) is -1.63. The summed E-state index contributed by atoms with van der Waals surface area (Å²) in [7, 11) is 0. The van der Waals surface area contributed by atoms with Crippen molar-refractivity contribution in [1.82, 2.24) is 0 Å². The number of aromatic carboxylic acids is 3. The Morgan fingerprint density at radius 2 is 0.507 bits per heavy atom. The molecule has 2 radical (unpaired) electrons. The molecule has 0 atom stereocenters. The zero-order valence-electron chi connectivity index (χ0n) is 38.6. The van der Waals surface area contributed by atoms with E-state index in [-0.39, 0.29) is 62.2 Å². The van der Waals surface area contributed by atoms with Crippen LogP contribution in [-0.4, -0.2) is 83.2 Å². The largest absolute Gasteiger partial charge is 3.00 e. The van der Waals surface area contributed by atoms with Gasteiger partial charge in [-0.05, 0) is 128 Å².